The molecule has 1 fully saturated rings. The number of rotatable bonds is 3. The third kappa shape index (κ3) is 3.73. The molecule has 0 spiro atoms. The maximum Gasteiger partial charge on any atom is 0.0154 e. The van der Waals surface area contributed by atoms with Crippen molar-refractivity contribution in [2.24, 2.45) is 23.7 Å². The van der Waals surface area contributed by atoms with Crippen molar-refractivity contribution in [3.8, 4) is 0 Å². The minimum atomic E-state index is 0.684. The van der Waals surface area contributed by atoms with Crippen LogP contribution in [-0.2, 0) is 0 Å². The SMILES string of the molecule is CC(C)C1C(C)CCCCN(C(C)C)C1C(C)C. The van der Waals surface area contributed by atoms with Crippen molar-refractivity contribution in [1.82, 2.24) is 4.90 Å². The minimum Gasteiger partial charge on any atom is -0.297 e. The Kier molecular flexibility index (Phi) is 6.17. The van der Waals surface area contributed by atoms with Crippen LogP contribution in [0.15, 0.2) is 0 Å². The summed E-state index contributed by atoms with van der Waals surface area (Å²) in [5.41, 5.74) is 0. The molecule has 1 heterocycles. The van der Waals surface area contributed by atoms with E-state index in [0.29, 0.717) is 6.04 Å². The monoisotopic (exact) mass is 253 g/mol. The Bertz CT molecular complexity index is 232. The molecule has 0 aromatic rings. The molecule has 1 saturated heterocycles. The topological polar surface area (TPSA) is 3.24 Å². The van der Waals surface area contributed by atoms with Gasteiger partial charge >= 0.3 is 0 Å². The van der Waals surface area contributed by atoms with Gasteiger partial charge in [0.1, 0.15) is 0 Å². The van der Waals surface area contributed by atoms with E-state index in [-0.39, 0.29) is 0 Å². The van der Waals surface area contributed by atoms with Crippen molar-refractivity contribution < 1.29 is 0 Å². The first-order chi connectivity index (χ1) is 8.36. The van der Waals surface area contributed by atoms with E-state index in [1.54, 1.807) is 0 Å². The molecule has 0 bridgehead atoms. The van der Waals surface area contributed by atoms with Crippen LogP contribution in [-0.4, -0.2) is 23.5 Å². The Morgan fingerprint density at radius 2 is 1.50 bits per heavy atom. The molecule has 0 amide bonds. The summed E-state index contributed by atoms with van der Waals surface area (Å²) < 4.78 is 0. The highest BCUT2D eigenvalue weighted by Gasteiger charge is 2.37. The van der Waals surface area contributed by atoms with Crippen molar-refractivity contribution >= 4 is 0 Å². The Morgan fingerprint density at radius 3 is 1.94 bits per heavy atom. The van der Waals surface area contributed by atoms with Gasteiger partial charge in [-0.05, 0) is 50.5 Å². The van der Waals surface area contributed by atoms with E-state index >= 15 is 0 Å². The molecule has 0 aliphatic carbocycles. The van der Waals surface area contributed by atoms with Crippen LogP contribution in [0.1, 0.15) is 67.7 Å². The summed E-state index contributed by atoms with van der Waals surface area (Å²) in [5, 5.41) is 0. The van der Waals surface area contributed by atoms with Gasteiger partial charge in [0.15, 0.2) is 0 Å². The molecule has 0 N–H and O–H groups in total. The van der Waals surface area contributed by atoms with Gasteiger partial charge in [-0.1, -0.05) is 47.5 Å². The summed E-state index contributed by atoms with van der Waals surface area (Å²) in [6, 6.07) is 1.45. The summed E-state index contributed by atoms with van der Waals surface area (Å²) in [6.45, 7) is 18.2. The minimum absolute atomic E-state index is 0.684. The molecule has 1 nitrogen and oxygen atoms in total. The third-order valence-corrected chi connectivity index (χ3v) is 4.88. The largest absolute Gasteiger partial charge is 0.297 e. The second-order valence-corrected chi connectivity index (χ2v) is 7.36. The van der Waals surface area contributed by atoms with Crippen LogP contribution >= 0.6 is 0 Å². The summed E-state index contributed by atoms with van der Waals surface area (Å²) in [6.07, 6.45) is 4.23. The van der Waals surface area contributed by atoms with Crippen LogP contribution in [0.5, 0.6) is 0 Å². The van der Waals surface area contributed by atoms with E-state index < -0.39 is 0 Å². The van der Waals surface area contributed by atoms with E-state index in [4.69, 9.17) is 0 Å². The fourth-order valence-corrected chi connectivity index (χ4v) is 4.14. The van der Waals surface area contributed by atoms with Crippen LogP contribution in [0.2, 0.25) is 0 Å². The highest BCUT2D eigenvalue weighted by atomic mass is 15.2. The molecule has 3 unspecified atom stereocenters. The smallest absolute Gasteiger partial charge is 0.0154 e. The molecule has 0 saturated carbocycles. The summed E-state index contributed by atoms with van der Waals surface area (Å²) >= 11 is 0. The zero-order chi connectivity index (χ0) is 13.9. The zero-order valence-corrected chi connectivity index (χ0v) is 13.7. The van der Waals surface area contributed by atoms with E-state index in [0.717, 1.165) is 29.7 Å². The van der Waals surface area contributed by atoms with Crippen LogP contribution in [0.25, 0.3) is 0 Å². The summed E-state index contributed by atoms with van der Waals surface area (Å²) in [5.74, 6) is 3.29. The van der Waals surface area contributed by atoms with Gasteiger partial charge in [-0.2, -0.15) is 0 Å². The molecular weight excluding hydrogens is 218 g/mol. The molecule has 0 radical (unpaired) electrons. The van der Waals surface area contributed by atoms with Gasteiger partial charge in [0, 0.05) is 12.1 Å². The van der Waals surface area contributed by atoms with Crippen molar-refractivity contribution in [3.05, 3.63) is 0 Å². The number of likely N-dealkylation sites (tertiary alicyclic amines) is 1. The average molecular weight is 253 g/mol. The lowest BCUT2D eigenvalue weighted by Crippen LogP contribution is -2.52. The molecule has 1 aliphatic heterocycles. The second-order valence-electron chi connectivity index (χ2n) is 7.36. The molecule has 1 heteroatoms. The van der Waals surface area contributed by atoms with Crippen molar-refractivity contribution in [1.29, 1.82) is 0 Å². The Morgan fingerprint density at radius 1 is 0.889 bits per heavy atom. The standard InChI is InChI=1S/C17H35N/c1-12(2)16-15(7)10-8-9-11-18(14(5)6)17(16)13(3)4/h12-17H,8-11H2,1-7H3. The molecule has 108 valence electrons. The molecule has 0 aromatic heterocycles. The fourth-order valence-electron chi connectivity index (χ4n) is 4.14. The van der Waals surface area contributed by atoms with Gasteiger partial charge in [0.05, 0.1) is 0 Å². The van der Waals surface area contributed by atoms with Crippen molar-refractivity contribution in [3.63, 3.8) is 0 Å². The highest BCUT2D eigenvalue weighted by Crippen LogP contribution is 2.37. The first-order valence-corrected chi connectivity index (χ1v) is 8.12. The second kappa shape index (κ2) is 6.93. The highest BCUT2D eigenvalue weighted by molar-refractivity contribution is 4.89. The Balaban J connectivity index is 3.03. The molecule has 1 aliphatic rings. The maximum atomic E-state index is 2.80. The van der Waals surface area contributed by atoms with Gasteiger partial charge < -0.3 is 0 Å². The van der Waals surface area contributed by atoms with Gasteiger partial charge in [0.2, 0.25) is 0 Å². The van der Waals surface area contributed by atoms with E-state index in [9.17, 15) is 0 Å². The van der Waals surface area contributed by atoms with Crippen LogP contribution in [0, 0.1) is 23.7 Å². The number of hydrogen-bond donors (Lipinski definition) is 0. The molecular formula is C17H35N. The van der Waals surface area contributed by atoms with Crippen LogP contribution in [0.3, 0.4) is 0 Å². The lowest BCUT2D eigenvalue weighted by Gasteiger charge is -2.47. The first kappa shape index (κ1) is 16.0. The average Bonchev–Trinajstić information content (AvgIpc) is 2.21. The van der Waals surface area contributed by atoms with Gasteiger partial charge in [-0.25, -0.2) is 0 Å². The lowest BCUT2D eigenvalue weighted by atomic mass is 9.71. The summed E-state index contributed by atoms with van der Waals surface area (Å²) in [7, 11) is 0. The Hall–Kier alpha value is -0.0400. The lowest BCUT2D eigenvalue weighted by molar-refractivity contribution is 0.0140. The molecule has 18 heavy (non-hydrogen) atoms. The van der Waals surface area contributed by atoms with E-state index in [2.05, 4.69) is 53.4 Å². The van der Waals surface area contributed by atoms with Gasteiger partial charge in [-0.3, -0.25) is 4.90 Å². The number of hydrogen-bond acceptors (Lipinski definition) is 1. The van der Waals surface area contributed by atoms with Crippen molar-refractivity contribution in [2.45, 2.75) is 79.8 Å². The quantitative estimate of drug-likeness (QED) is 0.697. The van der Waals surface area contributed by atoms with Crippen LogP contribution in [0.4, 0.5) is 0 Å². The van der Waals surface area contributed by atoms with Crippen molar-refractivity contribution in [2.75, 3.05) is 6.54 Å². The van der Waals surface area contributed by atoms with E-state index in [1.165, 1.54) is 25.8 Å². The Labute approximate surface area is 115 Å². The van der Waals surface area contributed by atoms with E-state index in [1.807, 2.05) is 0 Å². The summed E-state index contributed by atoms with van der Waals surface area (Å²) in [4.78, 5) is 2.80. The molecule has 0 aromatic carbocycles. The van der Waals surface area contributed by atoms with Gasteiger partial charge in [-0.15, -0.1) is 0 Å². The normalized spacial score (nSPS) is 32.0. The maximum absolute atomic E-state index is 2.80. The zero-order valence-electron chi connectivity index (χ0n) is 13.7. The van der Waals surface area contributed by atoms with Gasteiger partial charge in [0.25, 0.3) is 0 Å². The fraction of sp³-hybridized carbons (Fsp3) is 1.00. The van der Waals surface area contributed by atoms with Crippen LogP contribution < -0.4 is 0 Å². The predicted octanol–water partition coefficient (Wildman–Crippen LogP) is 4.81. The molecule has 1 rings (SSSR count). The number of nitrogens with zero attached hydrogens (tertiary/aromatic N) is 1. The predicted molar refractivity (Wildman–Crippen MR) is 81.8 cm³/mol. The third-order valence-electron chi connectivity index (χ3n) is 4.88. The first-order valence-electron chi connectivity index (χ1n) is 8.12. The molecule has 3 atom stereocenters.